The number of carbonyl (C=O) groups is 2. The Morgan fingerprint density at radius 3 is 2.43 bits per heavy atom. The van der Waals surface area contributed by atoms with Crippen LogP contribution in [0.3, 0.4) is 0 Å². The lowest BCUT2D eigenvalue weighted by Gasteiger charge is -2.46. The van der Waals surface area contributed by atoms with Crippen molar-refractivity contribution < 1.29 is 14.3 Å². The quantitative estimate of drug-likeness (QED) is 0.429. The number of rotatable bonds is 4. The van der Waals surface area contributed by atoms with Crippen LogP contribution < -0.4 is 4.74 Å². The molecular formula is C25H26BrClO3. The number of carbonyl (C=O) groups excluding carboxylic acids is 2. The zero-order valence-electron chi connectivity index (χ0n) is 17.7. The normalized spacial score (nSPS) is 27.4. The van der Waals surface area contributed by atoms with E-state index >= 15 is 0 Å². The number of ketones is 2. The van der Waals surface area contributed by atoms with Gasteiger partial charge in [-0.2, -0.15) is 0 Å². The maximum absolute atomic E-state index is 13.7. The summed E-state index contributed by atoms with van der Waals surface area (Å²) in [6.45, 7) is 8.25. The molecule has 2 aromatic carbocycles. The molecule has 0 spiro atoms. The van der Waals surface area contributed by atoms with Crippen LogP contribution in [0.4, 0.5) is 0 Å². The van der Waals surface area contributed by atoms with Crippen molar-refractivity contribution in [3.8, 4) is 11.5 Å². The van der Waals surface area contributed by atoms with Gasteiger partial charge >= 0.3 is 0 Å². The number of Topliss-reactive ketones (excluding diaryl/α,β-unsaturated/α-hetero) is 2. The van der Waals surface area contributed by atoms with Crippen molar-refractivity contribution in [1.82, 2.24) is 0 Å². The molecule has 3 atom stereocenters. The fraction of sp³-hybridized carbons (Fsp3) is 0.440. The molecule has 3 nitrogen and oxygen atoms in total. The lowest BCUT2D eigenvalue weighted by atomic mass is 9.54. The van der Waals surface area contributed by atoms with Gasteiger partial charge in [0.1, 0.15) is 17.4 Å². The molecule has 2 aliphatic carbocycles. The van der Waals surface area contributed by atoms with Crippen molar-refractivity contribution in [2.24, 2.45) is 16.7 Å². The molecule has 2 saturated carbocycles. The molecule has 0 radical (unpaired) electrons. The summed E-state index contributed by atoms with van der Waals surface area (Å²) in [5, 5.41) is 0.558. The Kier molecular flexibility index (Phi) is 5.39. The van der Waals surface area contributed by atoms with Gasteiger partial charge in [-0.05, 0) is 76.0 Å². The van der Waals surface area contributed by atoms with Gasteiger partial charge in [0, 0.05) is 21.9 Å². The number of halogens is 2. The Bertz CT molecular complexity index is 1040. The third kappa shape index (κ3) is 3.15. The molecular weight excluding hydrogens is 464 g/mol. The number of fused-ring (bicyclic) bond motifs is 2. The summed E-state index contributed by atoms with van der Waals surface area (Å²) in [7, 11) is 0. The smallest absolute Gasteiger partial charge is 0.154 e. The van der Waals surface area contributed by atoms with Crippen LogP contribution in [0.5, 0.6) is 11.5 Å². The van der Waals surface area contributed by atoms with E-state index in [-0.39, 0.29) is 22.9 Å². The van der Waals surface area contributed by atoms with Gasteiger partial charge in [0.25, 0.3) is 0 Å². The average Bonchev–Trinajstić information content (AvgIpc) is 2.88. The molecule has 30 heavy (non-hydrogen) atoms. The van der Waals surface area contributed by atoms with E-state index in [1.54, 1.807) is 6.07 Å². The molecule has 0 saturated heterocycles. The van der Waals surface area contributed by atoms with E-state index in [4.69, 9.17) is 16.3 Å². The van der Waals surface area contributed by atoms with Crippen molar-refractivity contribution in [2.75, 3.05) is 0 Å². The van der Waals surface area contributed by atoms with E-state index in [9.17, 15) is 9.59 Å². The molecule has 158 valence electrons. The summed E-state index contributed by atoms with van der Waals surface area (Å²) >= 11 is 9.56. The standard InChI is InChI=1S/C25H26BrClO3/c1-5-14-6-7-15(30-16-8-9-19(26)20(27)13-16)12-17(14)21-22(28)18-10-11-25(4,23(21)29)24(18,2)3/h6-9,12-13,18,21H,5,10-11H2,1-4H3/t18-,21?,25+/m0/s1. The third-order valence-corrected chi connectivity index (χ3v) is 8.83. The molecule has 2 aromatic rings. The maximum atomic E-state index is 13.7. The van der Waals surface area contributed by atoms with Gasteiger partial charge in [0.05, 0.1) is 5.02 Å². The zero-order chi connectivity index (χ0) is 21.8. The first-order valence-corrected chi connectivity index (χ1v) is 11.6. The summed E-state index contributed by atoms with van der Waals surface area (Å²) in [5.74, 6) is 0.548. The van der Waals surface area contributed by atoms with Crippen molar-refractivity contribution in [1.29, 1.82) is 0 Å². The number of ether oxygens (including phenoxy) is 1. The lowest BCUT2D eigenvalue weighted by Crippen LogP contribution is -2.52. The SMILES string of the molecule is CCc1ccc(Oc2ccc(Br)c(Cl)c2)cc1C1C(=O)[C@@H]2CC[C@](C)(C1=O)C2(C)C. The number of hydrogen-bond donors (Lipinski definition) is 0. The minimum atomic E-state index is -0.706. The molecule has 0 aromatic heterocycles. The van der Waals surface area contributed by atoms with Crippen LogP contribution in [0.25, 0.3) is 0 Å². The Morgan fingerprint density at radius 2 is 1.77 bits per heavy atom. The summed E-state index contributed by atoms with van der Waals surface area (Å²) in [6.07, 6.45) is 2.32. The predicted octanol–water partition coefficient (Wildman–Crippen LogP) is 7.14. The van der Waals surface area contributed by atoms with Gasteiger partial charge in [-0.15, -0.1) is 0 Å². The lowest BCUT2D eigenvalue weighted by molar-refractivity contribution is -0.149. The van der Waals surface area contributed by atoms with Gasteiger partial charge in [-0.25, -0.2) is 0 Å². The maximum Gasteiger partial charge on any atom is 0.154 e. The molecule has 2 fully saturated rings. The minimum Gasteiger partial charge on any atom is -0.457 e. The first-order valence-electron chi connectivity index (χ1n) is 10.4. The molecule has 1 unspecified atom stereocenters. The van der Waals surface area contributed by atoms with Crippen molar-refractivity contribution >= 4 is 39.1 Å². The van der Waals surface area contributed by atoms with Crippen LogP contribution in [0, 0.1) is 16.7 Å². The first kappa shape index (κ1) is 21.6. The van der Waals surface area contributed by atoms with Crippen molar-refractivity contribution in [3.63, 3.8) is 0 Å². The van der Waals surface area contributed by atoms with Crippen LogP contribution >= 0.6 is 27.5 Å². The van der Waals surface area contributed by atoms with Gasteiger partial charge in [-0.3, -0.25) is 9.59 Å². The molecule has 0 N–H and O–H groups in total. The molecule has 0 heterocycles. The molecule has 2 bridgehead atoms. The summed E-state index contributed by atoms with van der Waals surface area (Å²) in [5.41, 5.74) is 1.04. The van der Waals surface area contributed by atoms with E-state index < -0.39 is 11.3 Å². The van der Waals surface area contributed by atoms with Crippen molar-refractivity contribution in [2.45, 2.75) is 52.9 Å². The van der Waals surface area contributed by atoms with E-state index in [0.29, 0.717) is 16.5 Å². The highest BCUT2D eigenvalue weighted by atomic mass is 79.9. The fourth-order valence-electron chi connectivity index (χ4n) is 5.29. The second kappa shape index (κ2) is 7.49. The highest BCUT2D eigenvalue weighted by Gasteiger charge is 2.64. The molecule has 2 aliphatic rings. The summed E-state index contributed by atoms with van der Waals surface area (Å²) < 4.78 is 6.82. The van der Waals surface area contributed by atoms with Crippen LogP contribution in [-0.4, -0.2) is 11.6 Å². The number of aryl methyl sites for hydroxylation is 1. The number of benzene rings is 2. The highest BCUT2D eigenvalue weighted by molar-refractivity contribution is 9.10. The summed E-state index contributed by atoms with van der Waals surface area (Å²) in [6, 6.07) is 11.1. The predicted molar refractivity (Wildman–Crippen MR) is 122 cm³/mol. The van der Waals surface area contributed by atoms with Crippen LogP contribution in [0.15, 0.2) is 40.9 Å². The Morgan fingerprint density at radius 1 is 1.10 bits per heavy atom. The third-order valence-electron chi connectivity index (χ3n) is 7.60. The molecule has 4 rings (SSSR count). The Hall–Kier alpha value is -1.65. The number of hydrogen-bond acceptors (Lipinski definition) is 3. The first-order chi connectivity index (χ1) is 14.1. The van der Waals surface area contributed by atoms with E-state index in [1.807, 2.05) is 44.2 Å². The Labute approximate surface area is 191 Å². The molecule has 0 aliphatic heterocycles. The zero-order valence-corrected chi connectivity index (χ0v) is 20.1. The Balaban J connectivity index is 1.75. The van der Waals surface area contributed by atoms with Crippen LogP contribution in [-0.2, 0) is 16.0 Å². The topological polar surface area (TPSA) is 43.4 Å². The van der Waals surface area contributed by atoms with Crippen molar-refractivity contribution in [3.05, 3.63) is 57.0 Å². The van der Waals surface area contributed by atoms with Gasteiger partial charge in [0.15, 0.2) is 11.6 Å². The van der Waals surface area contributed by atoms with Crippen LogP contribution in [0.1, 0.15) is 57.6 Å². The summed E-state index contributed by atoms with van der Waals surface area (Å²) in [4.78, 5) is 27.2. The van der Waals surface area contributed by atoms with Gasteiger partial charge < -0.3 is 4.74 Å². The second-order valence-corrected chi connectivity index (χ2v) is 10.5. The molecule has 5 heteroatoms. The van der Waals surface area contributed by atoms with E-state index in [1.165, 1.54) is 0 Å². The monoisotopic (exact) mass is 488 g/mol. The minimum absolute atomic E-state index is 0.0600. The highest BCUT2D eigenvalue weighted by Crippen LogP contribution is 2.62. The van der Waals surface area contributed by atoms with Crippen LogP contribution in [0.2, 0.25) is 5.02 Å². The van der Waals surface area contributed by atoms with E-state index in [0.717, 1.165) is 34.9 Å². The van der Waals surface area contributed by atoms with Gasteiger partial charge in [-0.1, -0.05) is 45.4 Å². The fourth-order valence-corrected chi connectivity index (χ4v) is 5.70. The average molecular weight is 490 g/mol. The molecule has 0 amide bonds. The largest absolute Gasteiger partial charge is 0.457 e. The second-order valence-electron chi connectivity index (χ2n) is 9.24. The van der Waals surface area contributed by atoms with E-state index in [2.05, 4.69) is 29.8 Å². The van der Waals surface area contributed by atoms with Gasteiger partial charge in [0.2, 0.25) is 0 Å².